The molecular weight excluding hydrogens is 272 g/mol. The molecule has 1 rings (SSSR count). The van der Waals surface area contributed by atoms with Gasteiger partial charge in [0.15, 0.2) is 6.04 Å². The Labute approximate surface area is 124 Å². The normalized spacial score (nSPS) is 11.7. The van der Waals surface area contributed by atoms with Crippen LogP contribution in [0.15, 0.2) is 30.3 Å². The van der Waals surface area contributed by atoms with Gasteiger partial charge in [-0.05, 0) is 19.4 Å². The second kappa shape index (κ2) is 8.97. The first-order valence-electron chi connectivity index (χ1n) is 7.01. The van der Waals surface area contributed by atoms with Crippen LogP contribution in [-0.2, 0) is 9.53 Å². The third-order valence-electron chi connectivity index (χ3n) is 3.03. The Hall–Kier alpha value is -2.08. The fourth-order valence-electron chi connectivity index (χ4n) is 1.87. The van der Waals surface area contributed by atoms with E-state index >= 15 is 0 Å². The molecule has 0 bridgehead atoms. The Kier molecular flexibility index (Phi) is 7.25. The average Bonchev–Trinajstić information content (AvgIpc) is 2.49. The molecule has 0 saturated carbocycles. The topological polar surface area (TPSA) is 78.9 Å². The molecule has 1 aromatic carbocycles. The Morgan fingerprint density at radius 3 is 2.48 bits per heavy atom. The van der Waals surface area contributed by atoms with Crippen LogP contribution in [0.1, 0.15) is 25.5 Å². The van der Waals surface area contributed by atoms with E-state index in [4.69, 9.17) is 4.74 Å². The van der Waals surface area contributed by atoms with Crippen LogP contribution in [-0.4, -0.2) is 48.3 Å². The van der Waals surface area contributed by atoms with Crippen LogP contribution in [0.3, 0.4) is 0 Å². The predicted octanol–water partition coefficient (Wildman–Crippen LogP) is 1.88. The molecule has 2 N–H and O–H groups in total. The monoisotopic (exact) mass is 294 g/mol. The van der Waals surface area contributed by atoms with Crippen molar-refractivity contribution in [1.29, 1.82) is 0 Å². The van der Waals surface area contributed by atoms with Crippen molar-refractivity contribution in [2.75, 3.05) is 26.3 Å². The van der Waals surface area contributed by atoms with Crippen molar-refractivity contribution >= 4 is 12.0 Å². The van der Waals surface area contributed by atoms with Crippen LogP contribution >= 0.6 is 0 Å². The maximum atomic E-state index is 12.2. The smallest absolute Gasteiger partial charge is 0.330 e. The van der Waals surface area contributed by atoms with E-state index in [0.717, 1.165) is 0 Å². The lowest BCUT2D eigenvalue weighted by atomic mass is 10.1. The Bertz CT molecular complexity index is 450. The minimum absolute atomic E-state index is 0.409. The van der Waals surface area contributed by atoms with Crippen molar-refractivity contribution in [3.8, 4) is 0 Å². The first kappa shape index (κ1) is 17.0. The van der Waals surface area contributed by atoms with Crippen molar-refractivity contribution < 1.29 is 19.4 Å². The molecule has 6 nitrogen and oxygen atoms in total. The zero-order chi connectivity index (χ0) is 15.7. The minimum atomic E-state index is -1.09. The molecule has 0 aromatic heterocycles. The fourth-order valence-corrected chi connectivity index (χ4v) is 1.87. The number of carboxylic acids is 1. The highest BCUT2D eigenvalue weighted by Crippen LogP contribution is 2.13. The van der Waals surface area contributed by atoms with Crippen LogP contribution in [0.5, 0.6) is 0 Å². The zero-order valence-electron chi connectivity index (χ0n) is 12.4. The number of rotatable bonds is 8. The zero-order valence-corrected chi connectivity index (χ0v) is 12.4. The summed E-state index contributed by atoms with van der Waals surface area (Å²) in [7, 11) is 0. The first-order valence-corrected chi connectivity index (χ1v) is 7.01. The number of carbonyl (C=O) groups excluding carboxylic acids is 1. The van der Waals surface area contributed by atoms with Gasteiger partial charge in [-0.3, -0.25) is 0 Å². The van der Waals surface area contributed by atoms with E-state index in [9.17, 15) is 14.7 Å². The predicted molar refractivity (Wildman–Crippen MR) is 79.1 cm³/mol. The van der Waals surface area contributed by atoms with Gasteiger partial charge >= 0.3 is 12.0 Å². The number of hydrogen-bond acceptors (Lipinski definition) is 3. The summed E-state index contributed by atoms with van der Waals surface area (Å²) in [6, 6.07) is 7.16. The van der Waals surface area contributed by atoms with Gasteiger partial charge in [-0.15, -0.1) is 0 Å². The van der Waals surface area contributed by atoms with Crippen molar-refractivity contribution in [2.45, 2.75) is 19.9 Å². The summed E-state index contributed by atoms with van der Waals surface area (Å²) in [5, 5.41) is 11.8. The molecule has 0 aliphatic heterocycles. The van der Waals surface area contributed by atoms with E-state index < -0.39 is 18.0 Å². The van der Waals surface area contributed by atoms with Crippen molar-refractivity contribution in [1.82, 2.24) is 10.2 Å². The number of hydrogen-bond donors (Lipinski definition) is 2. The molecule has 116 valence electrons. The van der Waals surface area contributed by atoms with Gasteiger partial charge in [0.25, 0.3) is 0 Å². The van der Waals surface area contributed by atoms with E-state index in [-0.39, 0.29) is 0 Å². The summed E-state index contributed by atoms with van der Waals surface area (Å²) >= 11 is 0. The lowest BCUT2D eigenvalue weighted by Gasteiger charge is -2.24. The molecule has 2 amide bonds. The number of likely N-dealkylation sites (N-methyl/N-ethyl adjacent to an activating group) is 1. The number of carbonyl (C=O) groups is 2. The molecule has 1 aromatic rings. The molecule has 0 saturated heterocycles. The van der Waals surface area contributed by atoms with Crippen molar-refractivity contribution in [2.24, 2.45) is 0 Å². The molecule has 0 aliphatic rings. The molecule has 0 radical (unpaired) electrons. The molecule has 6 heteroatoms. The van der Waals surface area contributed by atoms with Crippen LogP contribution < -0.4 is 5.32 Å². The summed E-state index contributed by atoms with van der Waals surface area (Å²) < 4.78 is 5.22. The van der Waals surface area contributed by atoms with E-state index in [0.29, 0.717) is 31.9 Å². The van der Waals surface area contributed by atoms with E-state index in [1.165, 1.54) is 4.90 Å². The highest BCUT2D eigenvalue weighted by atomic mass is 16.5. The van der Waals surface area contributed by atoms with Gasteiger partial charge in [0, 0.05) is 19.7 Å². The Morgan fingerprint density at radius 1 is 1.29 bits per heavy atom. The number of nitrogens with zero attached hydrogens (tertiary/aromatic N) is 1. The molecule has 21 heavy (non-hydrogen) atoms. The second-order valence-electron chi connectivity index (χ2n) is 4.41. The maximum Gasteiger partial charge on any atom is 0.330 e. The minimum Gasteiger partial charge on any atom is -0.479 e. The van der Waals surface area contributed by atoms with Crippen molar-refractivity contribution in [3.63, 3.8) is 0 Å². The summed E-state index contributed by atoms with van der Waals surface area (Å²) in [5.41, 5.74) is 0.541. The average molecular weight is 294 g/mol. The van der Waals surface area contributed by atoms with Crippen LogP contribution in [0.2, 0.25) is 0 Å². The number of urea groups is 1. The molecular formula is C15H22N2O4. The highest BCUT2D eigenvalue weighted by molar-refractivity contribution is 5.83. The summed E-state index contributed by atoms with van der Waals surface area (Å²) in [6.45, 7) is 5.65. The summed E-state index contributed by atoms with van der Waals surface area (Å²) in [4.78, 5) is 25.0. The molecule has 0 spiro atoms. The standard InChI is InChI=1S/C15H22N2O4/c1-3-17(10-11-21-4-2)15(20)16-13(14(18)19)12-8-6-5-7-9-12/h5-9,13H,3-4,10-11H2,1-2H3,(H,16,20)(H,18,19)/t13-/m1/s1. The summed E-state index contributed by atoms with van der Waals surface area (Å²) in [6.07, 6.45) is 0. The molecule has 0 fully saturated rings. The molecule has 0 heterocycles. The summed E-state index contributed by atoms with van der Waals surface area (Å²) in [5.74, 6) is -1.09. The number of nitrogens with one attached hydrogen (secondary N) is 1. The van der Waals surface area contributed by atoms with E-state index in [1.807, 2.05) is 13.8 Å². The van der Waals surface area contributed by atoms with Gasteiger partial charge in [0.05, 0.1) is 6.61 Å². The highest BCUT2D eigenvalue weighted by Gasteiger charge is 2.23. The third-order valence-corrected chi connectivity index (χ3v) is 3.03. The van der Waals surface area contributed by atoms with Crippen molar-refractivity contribution in [3.05, 3.63) is 35.9 Å². The largest absolute Gasteiger partial charge is 0.479 e. The number of benzene rings is 1. The lowest BCUT2D eigenvalue weighted by Crippen LogP contribution is -2.45. The van der Waals surface area contributed by atoms with Crippen LogP contribution in [0.4, 0.5) is 4.79 Å². The first-order chi connectivity index (χ1) is 10.1. The number of amides is 2. The quantitative estimate of drug-likeness (QED) is 0.718. The fraction of sp³-hybridized carbons (Fsp3) is 0.467. The van der Waals surface area contributed by atoms with E-state index in [2.05, 4.69) is 5.32 Å². The van der Waals surface area contributed by atoms with Gasteiger partial charge in [0.1, 0.15) is 0 Å². The number of ether oxygens (including phenoxy) is 1. The van der Waals surface area contributed by atoms with Gasteiger partial charge < -0.3 is 20.1 Å². The lowest BCUT2D eigenvalue weighted by molar-refractivity contribution is -0.139. The van der Waals surface area contributed by atoms with Gasteiger partial charge in [0.2, 0.25) is 0 Å². The van der Waals surface area contributed by atoms with Crippen LogP contribution in [0, 0.1) is 0 Å². The third kappa shape index (κ3) is 5.43. The molecule has 1 atom stereocenters. The van der Waals surface area contributed by atoms with Gasteiger partial charge in [-0.25, -0.2) is 9.59 Å². The number of carboxylic acid groups (broad SMARTS) is 1. The second-order valence-corrected chi connectivity index (χ2v) is 4.41. The van der Waals surface area contributed by atoms with Crippen LogP contribution in [0.25, 0.3) is 0 Å². The molecule has 0 unspecified atom stereocenters. The van der Waals surface area contributed by atoms with Gasteiger partial charge in [-0.2, -0.15) is 0 Å². The van der Waals surface area contributed by atoms with E-state index in [1.54, 1.807) is 30.3 Å². The SMILES string of the molecule is CCOCCN(CC)C(=O)N[C@@H](C(=O)O)c1ccccc1. The van der Waals surface area contributed by atoms with Gasteiger partial charge in [-0.1, -0.05) is 30.3 Å². The molecule has 0 aliphatic carbocycles. The Balaban J connectivity index is 2.69. The number of aliphatic carboxylic acids is 1. The Morgan fingerprint density at radius 2 is 1.95 bits per heavy atom. The maximum absolute atomic E-state index is 12.2.